The molecule has 7 heteroatoms. The molecule has 37 heavy (non-hydrogen) atoms. The van der Waals surface area contributed by atoms with E-state index in [2.05, 4.69) is 19.2 Å². The van der Waals surface area contributed by atoms with E-state index < -0.39 is 6.04 Å². The summed E-state index contributed by atoms with van der Waals surface area (Å²) >= 11 is 0. The van der Waals surface area contributed by atoms with E-state index in [1.165, 1.54) is 5.56 Å². The molecule has 4 rings (SSSR count). The number of fused-ring (bicyclic) bond motifs is 1. The SMILES string of the molecule is CCc1ccc(NC(=O)N(CCOC)C(C)c2nc3ccccc3c(=O)n2-c2ccccc2CC)cc1. The van der Waals surface area contributed by atoms with Gasteiger partial charge in [-0.2, -0.15) is 0 Å². The molecule has 4 aromatic rings. The van der Waals surface area contributed by atoms with E-state index in [1.807, 2.05) is 73.7 Å². The Morgan fingerprint density at radius 1 is 1.00 bits per heavy atom. The Labute approximate surface area is 217 Å². The van der Waals surface area contributed by atoms with Gasteiger partial charge in [0.25, 0.3) is 5.56 Å². The lowest BCUT2D eigenvalue weighted by atomic mass is 10.1. The first-order valence-corrected chi connectivity index (χ1v) is 12.7. The number of carbonyl (C=O) groups is 1. The van der Waals surface area contributed by atoms with Crippen LogP contribution in [0.5, 0.6) is 0 Å². The summed E-state index contributed by atoms with van der Waals surface area (Å²) in [7, 11) is 1.60. The van der Waals surface area contributed by atoms with Crippen LogP contribution in [0.4, 0.5) is 10.5 Å². The first-order chi connectivity index (χ1) is 18.0. The van der Waals surface area contributed by atoms with Gasteiger partial charge in [-0.1, -0.05) is 56.3 Å². The van der Waals surface area contributed by atoms with Crippen molar-refractivity contribution >= 4 is 22.6 Å². The molecular formula is C30H34N4O3. The number of anilines is 1. The zero-order valence-electron chi connectivity index (χ0n) is 21.9. The van der Waals surface area contributed by atoms with Crippen LogP contribution in [-0.2, 0) is 17.6 Å². The molecule has 0 aliphatic carbocycles. The third-order valence-corrected chi connectivity index (χ3v) is 6.67. The number of rotatable bonds is 9. The van der Waals surface area contributed by atoms with Crippen LogP contribution < -0.4 is 10.9 Å². The highest BCUT2D eigenvalue weighted by molar-refractivity contribution is 5.89. The summed E-state index contributed by atoms with van der Waals surface area (Å²) in [6.45, 7) is 6.72. The third-order valence-electron chi connectivity index (χ3n) is 6.67. The Morgan fingerprint density at radius 3 is 2.41 bits per heavy atom. The first kappa shape index (κ1) is 26.1. The fourth-order valence-corrected chi connectivity index (χ4v) is 4.51. The minimum absolute atomic E-state index is 0.157. The van der Waals surface area contributed by atoms with Gasteiger partial charge in [-0.15, -0.1) is 0 Å². The van der Waals surface area contributed by atoms with Crippen LogP contribution in [0.15, 0.2) is 77.6 Å². The molecule has 0 spiro atoms. The second kappa shape index (κ2) is 11.8. The van der Waals surface area contributed by atoms with E-state index in [-0.39, 0.29) is 11.6 Å². The highest BCUT2D eigenvalue weighted by Crippen LogP contribution is 2.25. The minimum Gasteiger partial charge on any atom is -0.383 e. The van der Waals surface area contributed by atoms with Gasteiger partial charge in [0, 0.05) is 19.3 Å². The Balaban J connectivity index is 1.82. The number of nitrogens with zero attached hydrogens (tertiary/aromatic N) is 3. The first-order valence-electron chi connectivity index (χ1n) is 12.7. The summed E-state index contributed by atoms with van der Waals surface area (Å²) in [4.78, 5) is 34.0. The van der Waals surface area contributed by atoms with Gasteiger partial charge in [-0.05, 0) is 61.2 Å². The summed E-state index contributed by atoms with van der Waals surface area (Å²) < 4.78 is 6.99. The Hall–Kier alpha value is -3.97. The average molecular weight is 499 g/mol. The number of ether oxygens (including phenoxy) is 1. The van der Waals surface area contributed by atoms with E-state index in [0.29, 0.717) is 35.6 Å². The van der Waals surface area contributed by atoms with E-state index in [4.69, 9.17) is 9.72 Å². The molecular weight excluding hydrogens is 464 g/mol. The van der Waals surface area contributed by atoms with Crippen molar-refractivity contribution in [1.29, 1.82) is 0 Å². The Bertz CT molecular complexity index is 1430. The molecule has 1 unspecified atom stereocenters. The molecule has 1 N–H and O–H groups in total. The number of hydrogen-bond acceptors (Lipinski definition) is 4. The smallest absolute Gasteiger partial charge is 0.322 e. The monoisotopic (exact) mass is 498 g/mol. The zero-order valence-corrected chi connectivity index (χ0v) is 21.9. The van der Waals surface area contributed by atoms with Gasteiger partial charge >= 0.3 is 6.03 Å². The van der Waals surface area contributed by atoms with E-state index in [9.17, 15) is 9.59 Å². The van der Waals surface area contributed by atoms with Crippen molar-refractivity contribution in [3.8, 4) is 5.69 Å². The summed E-state index contributed by atoms with van der Waals surface area (Å²) in [5.41, 5.74) is 4.15. The lowest BCUT2D eigenvalue weighted by molar-refractivity contribution is 0.137. The second-order valence-corrected chi connectivity index (χ2v) is 8.95. The van der Waals surface area contributed by atoms with Gasteiger partial charge in [0.15, 0.2) is 0 Å². The van der Waals surface area contributed by atoms with E-state index >= 15 is 0 Å². The second-order valence-electron chi connectivity index (χ2n) is 8.95. The number of nitrogens with one attached hydrogen (secondary N) is 1. The van der Waals surface area contributed by atoms with E-state index in [1.54, 1.807) is 22.6 Å². The fraction of sp³-hybridized carbons (Fsp3) is 0.300. The predicted octanol–water partition coefficient (Wildman–Crippen LogP) is 5.75. The van der Waals surface area contributed by atoms with Crippen LogP contribution in [0.2, 0.25) is 0 Å². The lowest BCUT2D eigenvalue weighted by Gasteiger charge is -2.31. The largest absolute Gasteiger partial charge is 0.383 e. The normalized spacial score (nSPS) is 11.9. The number of urea groups is 1. The van der Waals surface area contributed by atoms with Gasteiger partial charge in [0.05, 0.1) is 29.2 Å². The number of amides is 2. The van der Waals surface area contributed by atoms with Crippen molar-refractivity contribution in [2.45, 2.75) is 39.7 Å². The minimum atomic E-state index is -0.521. The van der Waals surface area contributed by atoms with Gasteiger partial charge in [0.2, 0.25) is 0 Å². The predicted molar refractivity (Wildman–Crippen MR) is 149 cm³/mol. The topological polar surface area (TPSA) is 76.5 Å². The number of methoxy groups -OCH3 is 1. The number of aromatic nitrogens is 2. The molecule has 7 nitrogen and oxygen atoms in total. The molecule has 0 aliphatic rings. The van der Waals surface area contributed by atoms with Gasteiger partial charge < -0.3 is 15.0 Å². The van der Waals surface area contributed by atoms with Gasteiger partial charge in [0.1, 0.15) is 5.82 Å². The molecule has 0 radical (unpaired) electrons. The summed E-state index contributed by atoms with van der Waals surface area (Å²) in [5, 5.41) is 3.54. The van der Waals surface area contributed by atoms with Crippen molar-refractivity contribution in [3.05, 3.63) is 100 Å². The highest BCUT2D eigenvalue weighted by atomic mass is 16.5. The van der Waals surface area contributed by atoms with Gasteiger partial charge in [-0.25, -0.2) is 9.78 Å². The molecule has 1 atom stereocenters. The molecule has 192 valence electrons. The van der Waals surface area contributed by atoms with Crippen LogP contribution in [0, 0.1) is 0 Å². The maximum absolute atomic E-state index is 13.9. The third kappa shape index (κ3) is 5.57. The molecule has 0 bridgehead atoms. The molecule has 0 saturated carbocycles. The van der Waals surface area contributed by atoms with Crippen molar-refractivity contribution in [3.63, 3.8) is 0 Å². The quantitative estimate of drug-likeness (QED) is 0.319. The van der Waals surface area contributed by atoms with Crippen LogP contribution in [-0.4, -0.2) is 40.7 Å². The Morgan fingerprint density at radius 2 is 1.70 bits per heavy atom. The van der Waals surface area contributed by atoms with Crippen LogP contribution in [0.25, 0.3) is 16.6 Å². The fourth-order valence-electron chi connectivity index (χ4n) is 4.51. The number of aryl methyl sites for hydroxylation is 2. The lowest BCUT2D eigenvalue weighted by Crippen LogP contribution is -2.41. The van der Waals surface area contributed by atoms with Crippen LogP contribution in [0.3, 0.4) is 0 Å². The average Bonchev–Trinajstić information content (AvgIpc) is 2.93. The van der Waals surface area contributed by atoms with Crippen LogP contribution in [0.1, 0.15) is 43.8 Å². The summed E-state index contributed by atoms with van der Waals surface area (Å²) in [6, 6.07) is 22.2. The van der Waals surface area contributed by atoms with Crippen molar-refractivity contribution in [2.24, 2.45) is 0 Å². The number of carbonyl (C=O) groups excluding carboxylic acids is 1. The number of benzene rings is 3. The maximum Gasteiger partial charge on any atom is 0.322 e. The molecule has 2 amide bonds. The van der Waals surface area contributed by atoms with Crippen molar-refractivity contribution in [2.75, 3.05) is 25.6 Å². The molecule has 3 aromatic carbocycles. The van der Waals surface area contributed by atoms with Crippen LogP contribution >= 0.6 is 0 Å². The van der Waals surface area contributed by atoms with E-state index in [0.717, 1.165) is 24.1 Å². The Kier molecular flexibility index (Phi) is 8.36. The van der Waals surface area contributed by atoms with Crippen molar-refractivity contribution < 1.29 is 9.53 Å². The summed E-state index contributed by atoms with van der Waals surface area (Å²) in [6.07, 6.45) is 1.68. The molecule has 1 heterocycles. The standard InChI is InChI=1S/C30H34N4O3/c1-5-22-15-17-24(18-16-22)31-30(36)33(19-20-37-4)21(3)28-32-26-13-9-8-12-25(26)29(35)34(28)27-14-10-7-11-23(27)6-2/h7-18,21H,5-6,19-20H2,1-4H3,(H,31,36). The van der Waals surface area contributed by atoms with Crippen molar-refractivity contribution in [1.82, 2.24) is 14.5 Å². The molecule has 0 aliphatic heterocycles. The maximum atomic E-state index is 13.9. The molecule has 1 aromatic heterocycles. The van der Waals surface area contributed by atoms with Gasteiger partial charge in [-0.3, -0.25) is 9.36 Å². The molecule has 0 saturated heterocycles. The summed E-state index contributed by atoms with van der Waals surface area (Å²) in [5.74, 6) is 0.497. The number of para-hydroxylation sites is 2. The zero-order chi connectivity index (χ0) is 26.4. The molecule has 0 fully saturated rings. The number of hydrogen-bond donors (Lipinski definition) is 1. The highest BCUT2D eigenvalue weighted by Gasteiger charge is 2.27.